The van der Waals surface area contributed by atoms with E-state index in [9.17, 15) is 9.59 Å². The number of hydrogen-bond acceptors (Lipinski definition) is 3. The molecule has 0 aliphatic rings. The molecule has 0 aromatic heterocycles. The zero-order valence-electron chi connectivity index (χ0n) is 11.8. The fraction of sp³-hybridized carbons (Fsp3) is 0.833. The van der Waals surface area contributed by atoms with E-state index in [2.05, 4.69) is 5.32 Å². The molecular formula is C12H24N2O3S. The SMILES string of the molecule is CSCCCN(C)C(=O)N[C@H](C(=O)O)C(C)(C)C. The lowest BCUT2D eigenvalue weighted by molar-refractivity contribution is -0.142. The molecule has 0 bridgehead atoms. The number of rotatable bonds is 6. The lowest BCUT2D eigenvalue weighted by Crippen LogP contribution is -2.52. The molecule has 1 atom stereocenters. The average Bonchev–Trinajstić information content (AvgIpc) is 2.23. The minimum absolute atomic E-state index is 0.335. The summed E-state index contributed by atoms with van der Waals surface area (Å²) >= 11 is 1.73. The van der Waals surface area contributed by atoms with E-state index in [1.165, 1.54) is 4.90 Å². The Hall–Kier alpha value is -0.910. The number of thioether (sulfide) groups is 1. The van der Waals surface area contributed by atoms with E-state index in [0.29, 0.717) is 6.54 Å². The second-order valence-electron chi connectivity index (χ2n) is 5.35. The smallest absolute Gasteiger partial charge is 0.326 e. The largest absolute Gasteiger partial charge is 0.480 e. The molecule has 0 saturated carbocycles. The van der Waals surface area contributed by atoms with E-state index in [4.69, 9.17) is 5.11 Å². The summed E-state index contributed by atoms with van der Waals surface area (Å²) in [6.07, 6.45) is 2.92. The Balaban J connectivity index is 4.38. The first-order chi connectivity index (χ1) is 8.20. The number of carbonyl (C=O) groups excluding carboxylic acids is 1. The van der Waals surface area contributed by atoms with Crippen LogP contribution in [-0.4, -0.2) is 53.6 Å². The van der Waals surface area contributed by atoms with Gasteiger partial charge in [-0.25, -0.2) is 9.59 Å². The number of aliphatic carboxylic acids is 1. The van der Waals surface area contributed by atoms with Gasteiger partial charge in [0, 0.05) is 13.6 Å². The molecule has 0 saturated heterocycles. The van der Waals surface area contributed by atoms with Crippen molar-refractivity contribution >= 4 is 23.8 Å². The average molecular weight is 276 g/mol. The molecule has 0 aliphatic carbocycles. The van der Waals surface area contributed by atoms with Crippen LogP contribution in [0.3, 0.4) is 0 Å². The molecular weight excluding hydrogens is 252 g/mol. The van der Waals surface area contributed by atoms with E-state index in [1.54, 1.807) is 39.6 Å². The van der Waals surface area contributed by atoms with Crippen molar-refractivity contribution in [2.24, 2.45) is 5.41 Å². The van der Waals surface area contributed by atoms with Crippen LogP contribution in [0.25, 0.3) is 0 Å². The third-order valence-corrected chi connectivity index (χ3v) is 3.27. The molecule has 0 rings (SSSR count). The third-order valence-electron chi connectivity index (χ3n) is 2.57. The Bertz CT molecular complexity index is 290. The summed E-state index contributed by atoms with van der Waals surface area (Å²) in [5, 5.41) is 11.7. The summed E-state index contributed by atoms with van der Waals surface area (Å²) in [7, 11) is 1.68. The van der Waals surface area contributed by atoms with E-state index in [0.717, 1.165) is 12.2 Å². The lowest BCUT2D eigenvalue weighted by Gasteiger charge is -2.29. The predicted molar refractivity (Wildman–Crippen MR) is 75.0 cm³/mol. The summed E-state index contributed by atoms with van der Waals surface area (Å²) < 4.78 is 0. The summed E-state index contributed by atoms with van der Waals surface area (Å²) in [5.41, 5.74) is -0.512. The van der Waals surface area contributed by atoms with Gasteiger partial charge in [-0.05, 0) is 23.8 Å². The molecule has 5 nitrogen and oxygen atoms in total. The van der Waals surface area contributed by atoms with Crippen molar-refractivity contribution in [1.82, 2.24) is 10.2 Å². The highest BCUT2D eigenvalue weighted by Crippen LogP contribution is 2.19. The predicted octanol–water partition coefficient (Wildman–Crippen LogP) is 1.88. The van der Waals surface area contributed by atoms with Crippen LogP contribution in [0.1, 0.15) is 27.2 Å². The van der Waals surface area contributed by atoms with Gasteiger partial charge in [0.2, 0.25) is 0 Å². The molecule has 2 N–H and O–H groups in total. The van der Waals surface area contributed by atoms with Crippen molar-refractivity contribution in [2.45, 2.75) is 33.2 Å². The van der Waals surface area contributed by atoms with Crippen LogP contribution < -0.4 is 5.32 Å². The zero-order chi connectivity index (χ0) is 14.3. The van der Waals surface area contributed by atoms with E-state index < -0.39 is 17.4 Å². The van der Waals surface area contributed by atoms with Crippen molar-refractivity contribution in [2.75, 3.05) is 25.6 Å². The van der Waals surface area contributed by atoms with E-state index in [-0.39, 0.29) is 6.03 Å². The fourth-order valence-electron chi connectivity index (χ4n) is 1.43. The van der Waals surface area contributed by atoms with Gasteiger partial charge >= 0.3 is 12.0 Å². The van der Waals surface area contributed by atoms with Gasteiger partial charge in [-0.15, -0.1) is 0 Å². The summed E-state index contributed by atoms with van der Waals surface area (Å²) in [5.74, 6) is -0.0208. The van der Waals surface area contributed by atoms with Crippen molar-refractivity contribution in [3.05, 3.63) is 0 Å². The summed E-state index contributed by atoms with van der Waals surface area (Å²) in [6.45, 7) is 6.00. The number of carboxylic acid groups (broad SMARTS) is 1. The van der Waals surface area contributed by atoms with Crippen LogP contribution in [0.15, 0.2) is 0 Å². The van der Waals surface area contributed by atoms with Crippen molar-refractivity contribution in [3.8, 4) is 0 Å². The first-order valence-electron chi connectivity index (χ1n) is 5.93. The van der Waals surface area contributed by atoms with Gasteiger partial charge in [-0.2, -0.15) is 11.8 Å². The second-order valence-corrected chi connectivity index (χ2v) is 6.34. The molecule has 0 fully saturated rings. The van der Waals surface area contributed by atoms with Crippen LogP contribution in [0.5, 0.6) is 0 Å². The van der Waals surface area contributed by atoms with Crippen LogP contribution >= 0.6 is 11.8 Å². The normalized spacial score (nSPS) is 12.9. The molecule has 18 heavy (non-hydrogen) atoms. The van der Waals surface area contributed by atoms with Gasteiger partial charge in [0.05, 0.1) is 0 Å². The Morgan fingerprint density at radius 1 is 1.39 bits per heavy atom. The Morgan fingerprint density at radius 3 is 2.33 bits per heavy atom. The van der Waals surface area contributed by atoms with Crippen LogP contribution in [-0.2, 0) is 4.79 Å². The van der Waals surface area contributed by atoms with Gasteiger partial charge in [-0.1, -0.05) is 20.8 Å². The second kappa shape index (κ2) is 7.51. The Labute approximate surface area is 113 Å². The maximum Gasteiger partial charge on any atom is 0.326 e. The number of carboxylic acids is 1. The maximum absolute atomic E-state index is 11.8. The number of carbonyl (C=O) groups is 2. The highest BCUT2D eigenvalue weighted by Gasteiger charge is 2.33. The van der Waals surface area contributed by atoms with Gasteiger partial charge in [0.1, 0.15) is 6.04 Å². The zero-order valence-corrected chi connectivity index (χ0v) is 12.6. The molecule has 2 amide bonds. The number of amides is 2. The van der Waals surface area contributed by atoms with E-state index in [1.807, 2.05) is 6.26 Å². The van der Waals surface area contributed by atoms with Gasteiger partial charge in [0.15, 0.2) is 0 Å². The molecule has 0 spiro atoms. The Kier molecular flexibility index (Phi) is 7.13. The van der Waals surface area contributed by atoms with Crippen LogP contribution in [0.4, 0.5) is 4.79 Å². The summed E-state index contributed by atoms with van der Waals surface area (Å²) in [6, 6.07) is -1.22. The van der Waals surface area contributed by atoms with Crippen LogP contribution in [0, 0.1) is 5.41 Å². The van der Waals surface area contributed by atoms with Crippen molar-refractivity contribution in [3.63, 3.8) is 0 Å². The standard InChI is InChI=1S/C12H24N2O3S/c1-12(2,3)9(10(15)16)13-11(17)14(4)7-6-8-18-5/h9H,6-8H2,1-5H3,(H,13,17)(H,15,16)/t9-/m1/s1. The lowest BCUT2D eigenvalue weighted by atomic mass is 9.87. The number of nitrogens with zero attached hydrogens (tertiary/aromatic N) is 1. The number of nitrogens with one attached hydrogen (secondary N) is 1. The molecule has 0 aromatic rings. The maximum atomic E-state index is 11.8. The van der Waals surface area contributed by atoms with Crippen LogP contribution in [0.2, 0.25) is 0 Å². The Morgan fingerprint density at radius 2 is 1.94 bits per heavy atom. The van der Waals surface area contributed by atoms with Crippen molar-refractivity contribution in [1.29, 1.82) is 0 Å². The van der Waals surface area contributed by atoms with Gasteiger partial charge in [-0.3, -0.25) is 0 Å². The number of hydrogen-bond donors (Lipinski definition) is 2. The molecule has 0 aliphatic heterocycles. The molecule has 6 heteroatoms. The highest BCUT2D eigenvalue weighted by molar-refractivity contribution is 7.98. The minimum Gasteiger partial charge on any atom is -0.480 e. The first-order valence-corrected chi connectivity index (χ1v) is 7.33. The molecule has 0 unspecified atom stereocenters. The topological polar surface area (TPSA) is 69.6 Å². The van der Waals surface area contributed by atoms with E-state index >= 15 is 0 Å². The fourth-order valence-corrected chi connectivity index (χ4v) is 1.85. The minimum atomic E-state index is -1.01. The highest BCUT2D eigenvalue weighted by atomic mass is 32.2. The molecule has 0 radical (unpaired) electrons. The monoisotopic (exact) mass is 276 g/mol. The quantitative estimate of drug-likeness (QED) is 0.727. The number of urea groups is 1. The molecule has 106 valence electrons. The first kappa shape index (κ1) is 17.1. The molecule has 0 aromatic carbocycles. The van der Waals surface area contributed by atoms with Gasteiger partial charge in [0.25, 0.3) is 0 Å². The third kappa shape index (κ3) is 6.14. The van der Waals surface area contributed by atoms with Crippen molar-refractivity contribution < 1.29 is 14.7 Å². The van der Waals surface area contributed by atoms with Gasteiger partial charge < -0.3 is 15.3 Å². The molecule has 0 heterocycles. The summed E-state index contributed by atoms with van der Waals surface area (Å²) in [4.78, 5) is 24.5.